The first-order valence-corrected chi connectivity index (χ1v) is 11.0. The molecule has 0 aromatic heterocycles. The lowest BCUT2D eigenvalue weighted by Crippen LogP contribution is -2.59. The predicted molar refractivity (Wildman–Crippen MR) is 109 cm³/mol. The van der Waals surface area contributed by atoms with Crippen molar-refractivity contribution < 1.29 is 14.3 Å². The number of carbonyl (C=O) groups is 2. The maximum absolute atomic E-state index is 12.7. The Balaban J connectivity index is 1.43. The molecule has 0 aromatic carbocycles. The summed E-state index contributed by atoms with van der Waals surface area (Å²) < 4.78 is 5.83. The molecule has 3 saturated heterocycles. The minimum Gasteiger partial charge on any atom is -0.373 e. The first-order valence-electron chi connectivity index (χ1n) is 11.0. The average molecular weight is 395 g/mol. The molecular formula is C21H38N4O3. The molecule has 3 fully saturated rings. The average Bonchev–Trinajstić information content (AvgIpc) is 3.20. The molecule has 0 radical (unpaired) electrons. The number of ether oxygens (including phenoxy) is 1. The van der Waals surface area contributed by atoms with Crippen molar-refractivity contribution in [2.24, 2.45) is 5.92 Å². The predicted octanol–water partition coefficient (Wildman–Crippen LogP) is 1.92. The number of hydrogen-bond acceptors (Lipinski definition) is 4. The number of nitrogens with zero attached hydrogens (tertiary/aromatic N) is 3. The third-order valence-corrected chi connectivity index (χ3v) is 6.50. The van der Waals surface area contributed by atoms with Crippen LogP contribution in [-0.2, 0) is 9.53 Å². The molecule has 3 amide bonds. The van der Waals surface area contributed by atoms with Crippen LogP contribution in [0.3, 0.4) is 0 Å². The topological polar surface area (TPSA) is 65.1 Å². The van der Waals surface area contributed by atoms with Gasteiger partial charge in [-0.2, -0.15) is 0 Å². The molecule has 3 heterocycles. The van der Waals surface area contributed by atoms with Crippen LogP contribution in [0.15, 0.2) is 0 Å². The molecule has 0 aliphatic carbocycles. The summed E-state index contributed by atoms with van der Waals surface area (Å²) in [5, 5.41) is 3.13. The Morgan fingerprint density at radius 2 is 1.54 bits per heavy atom. The molecule has 0 aromatic rings. The van der Waals surface area contributed by atoms with Crippen LogP contribution in [0, 0.1) is 5.92 Å². The Labute approximate surface area is 169 Å². The molecule has 2 unspecified atom stereocenters. The van der Waals surface area contributed by atoms with Crippen molar-refractivity contribution in [1.82, 2.24) is 20.0 Å². The number of nitrogens with one attached hydrogen (secondary N) is 1. The van der Waals surface area contributed by atoms with Crippen LogP contribution in [0.5, 0.6) is 0 Å². The van der Waals surface area contributed by atoms with Gasteiger partial charge in [0.2, 0.25) is 5.91 Å². The molecule has 0 spiro atoms. The first-order chi connectivity index (χ1) is 13.3. The second kappa shape index (κ2) is 8.99. The van der Waals surface area contributed by atoms with Crippen molar-refractivity contribution in [2.75, 3.05) is 45.8 Å². The largest absolute Gasteiger partial charge is 0.373 e. The quantitative estimate of drug-likeness (QED) is 0.791. The number of amides is 3. The number of hydrogen-bond donors (Lipinski definition) is 1. The van der Waals surface area contributed by atoms with Gasteiger partial charge >= 0.3 is 6.03 Å². The molecule has 7 heteroatoms. The standard InChI is InChI=1S/C21H38N4O3/c1-16-13-25(14-17(2)28-16)21(3,4)15-22-20(27)24-11-7-18(8-12-24)19(26)23-9-5-6-10-23/h16-18H,5-15H2,1-4H3,(H,22,27). The monoisotopic (exact) mass is 394 g/mol. The highest BCUT2D eigenvalue weighted by atomic mass is 16.5. The lowest BCUT2D eigenvalue weighted by Gasteiger charge is -2.45. The van der Waals surface area contributed by atoms with E-state index in [0.717, 1.165) is 51.9 Å². The molecule has 1 N–H and O–H groups in total. The zero-order chi connectivity index (χ0) is 20.3. The molecule has 3 rings (SSSR count). The van der Waals surface area contributed by atoms with Gasteiger partial charge in [0, 0.05) is 57.3 Å². The summed E-state index contributed by atoms with van der Waals surface area (Å²) in [4.78, 5) is 31.5. The zero-order valence-corrected chi connectivity index (χ0v) is 18.1. The highest BCUT2D eigenvalue weighted by Crippen LogP contribution is 2.23. The number of piperidine rings is 1. The molecular weight excluding hydrogens is 356 g/mol. The van der Waals surface area contributed by atoms with Crippen LogP contribution in [-0.4, -0.2) is 90.2 Å². The van der Waals surface area contributed by atoms with Crippen molar-refractivity contribution in [3.63, 3.8) is 0 Å². The fraction of sp³-hybridized carbons (Fsp3) is 0.905. The van der Waals surface area contributed by atoms with E-state index in [9.17, 15) is 9.59 Å². The van der Waals surface area contributed by atoms with Crippen LogP contribution in [0.1, 0.15) is 53.4 Å². The Morgan fingerprint density at radius 1 is 0.964 bits per heavy atom. The summed E-state index contributed by atoms with van der Waals surface area (Å²) in [5.74, 6) is 0.393. The molecule has 0 bridgehead atoms. The van der Waals surface area contributed by atoms with E-state index in [1.54, 1.807) is 0 Å². The first kappa shape index (κ1) is 21.4. The van der Waals surface area contributed by atoms with E-state index in [1.807, 2.05) is 9.80 Å². The summed E-state index contributed by atoms with van der Waals surface area (Å²) in [6, 6.07) is -0.00509. The maximum Gasteiger partial charge on any atom is 0.317 e. The number of carbonyl (C=O) groups excluding carboxylic acids is 2. The van der Waals surface area contributed by atoms with E-state index in [1.165, 1.54) is 0 Å². The van der Waals surface area contributed by atoms with Gasteiger partial charge in [0.15, 0.2) is 0 Å². The van der Waals surface area contributed by atoms with E-state index >= 15 is 0 Å². The summed E-state index contributed by atoms with van der Waals surface area (Å²) >= 11 is 0. The number of likely N-dealkylation sites (tertiary alicyclic amines) is 2. The van der Waals surface area contributed by atoms with E-state index in [0.29, 0.717) is 25.5 Å². The molecule has 2 atom stereocenters. The highest BCUT2D eigenvalue weighted by Gasteiger charge is 2.35. The Kier molecular flexibility index (Phi) is 6.86. The second-order valence-corrected chi connectivity index (χ2v) is 9.43. The molecule has 28 heavy (non-hydrogen) atoms. The van der Waals surface area contributed by atoms with Gasteiger partial charge in [0.25, 0.3) is 0 Å². The Bertz CT molecular complexity index is 544. The molecule has 0 saturated carbocycles. The van der Waals surface area contributed by atoms with E-state index in [2.05, 4.69) is 37.9 Å². The summed E-state index contributed by atoms with van der Waals surface area (Å²) in [7, 11) is 0. The van der Waals surface area contributed by atoms with Crippen molar-refractivity contribution >= 4 is 11.9 Å². The fourth-order valence-electron chi connectivity index (χ4n) is 4.71. The number of morpholine rings is 1. The lowest BCUT2D eigenvalue weighted by atomic mass is 9.95. The van der Waals surface area contributed by atoms with Crippen LogP contribution >= 0.6 is 0 Å². The van der Waals surface area contributed by atoms with Gasteiger partial charge in [-0.15, -0.1) is 0 Å². The van der Waals surface area contributed by atoms with Gasteiger partial charge in [0.05, 0.1) is 12.2 Å². The third kappa shape index (κ3) is 5.17. The number of rotatable bonds is 4. The maximum atomic E-state index is 12.7. The van der Waals surface area contributed by atoms with Gasteiger partial charge in [0.1, 0.15) is 0 Å². The number of urea groups is 1. The van der Waals surface area contributed by atoms with Crippen molar-refractivity contribution in [3.8, 4) is 0 Å². The van der Waals surface area contributed by atoms with Crippen LogP contribution in [0.4, 0.5) is 4.79 Å². The van der Waals surface area contributed by atoms with E-state index in [4.69, 9.17) is 4.74 Å². The third-order valence-electron chi connectivity index (χ3n) is 6.50. The minimum absolute atomic E-state index is 0.00509. The van der Waals surface area contributed by atoms with Gasteiger partial charge in [-0.05, 0) is 53.4 Å². The Hall–Kier alpha value is -1.34. The van der Waals surface area contributed by atoms with Crippen LogP contribution in [0.25, 0.3) is 0 Å². The van der Waals surface area contributed by atoms with Crippen molar-refractivity contribution in [2.45, 2.75) is 71.1 Å². The van der Waals surface area contributed by atoms with Crippen molar-refractivity contribution in [1.29, 1.82) is 0 Å². The van der Waals surface area contributed by atoms with Gasteiger partial charge in [-0.25, -0.2) is 4.79 Å². The Morgan fingerprint density at radius 3 is 2.11 bits per heavy atom. The van der Waals surface area contributed by atoms with E-state index in [-0.39, 0.29) is 29.7 Å². The second-order valence-electron chi connectivity index (χ2n) is 9.43. The zero-order valence-electron chi connectivity index (χ0n) is 18.1. The minimum atomic E-state index is -0.119. The normalized spacial score (nSPS) is 27.9. The van der Waals surface area contributed by atoms with Crippen LogP contribution in [0.2, 0.25) is 0 Å². The summed E-state index contributed by atoms with van der Waals surface area (Å²) in [5.41, 5.74) is -0.119. The van der Waals surface area contributed by atoms with Gasteiger partial charge in [-0.1, -0.05) is 0 Å². The molecule has 3 aliphatic heterocycles. The highest BCUT2D eigenvalue weighted by molar-refractivity contribution is 5.80. The lowest BCUT2D eigenvalue weighted by molar-refractivity contribution is -0.135. The fourth-order valence-corrected chi connectivity index (χ4v) is 4.71. The van der Waals surface area contributed by atoms with Gasteiger partial charge in [-0.3, -0.25) is 9.69 Å². The van der Waals surface area contributed by atoms with E-state index < -0.39 is 0 Å². The summed E-state index contributed by atoms with van der Waals surface area (Å²) in [6.45, 7) is 14.1. The molecule has 160 valence electrons. The smallest absolute Gasteiger partial charge is 0.317 e. The van der Waals surface area contributed by atoms with Crippen LogP contribution < -0.4 is 5.32 Å². The SMILES string of the molecule is CC1CN(C(C)(C)CNC(=O)N2CCC(C(=O)N3CCCC3)CC2)CC(C)O1. The summed E-state index contributed by atoms with van der Waals surface area (Å²) in [6.07, 6.45) is 4.25. The molecule has 3 aliphatic rings. The van der Waals surface area contributed by atoms with Gasteiger partial charge < -0.3 is 19.9 Å². The molecule has 7 nitrogen and oxygen atoms in total. The van der Waals surface area contributed by atoms with Crippen molar-refractivity contribution in [3.05, 3.63) is 0 Å².